The topological polar surface area (TPSA) is 72.7 Å². The molecule has 4 rings (SSSR count). The molecule has 3 aromatic rings. The molecule has 6 nitrogen and oxygen atoms in total. The minimum atomic E-state index is -0.327. The van der Waals surface area contributed by atoms with E-state index >= 15 is 0 Å². The number of fused-ring (bicyclic) bond motifs is 1. The molecule has 1 aliphatic heterocycles. The van der Waals surface area contributed by atoms with Crippen LogP contribution in [0.5, 0.6) is 0 Å². The zero-order valence-corrected chi connectivity index (χ0v) is 17.5. The van der Waals surface area contributed by atoms with Crippen LogP contribution in [0.4, 0.5) is 5.69 Å². The average molecular weight is 420 g/mol. The highest BCUT2D eigenvalue weighted by atomic mass is 32.2. The number of carbonyl (C=O) groups excluding carboxylic acids is 2. The van der Waals surface area contributed by atoms with Crippen molar-refractivity contribution in [3.05, 3.63) is 70.8 Å². The largest absolute Gasteiger partial charge is 0.468 e. The van der Waals surface area contributed by atoms with Gasteiger partial charge in [0.15, 0.2) is 5.17 Å². The van der Waals surface area contributed by atoms with Gasteiger partial charge in [-0.05, 0) is 48.0 Å². The number of amides is 1. The first-order valence-electron chi connectivity index (χ1n) is 9.60. The average Bonchev–Trinajstić information content (AvgIpc) is 3.28. The van der Waals surface area contributed by atoms with Crippen molar-refractivity contribution < 1.29 is 14.3 Å². The molecule has 1 amide bonds. The number of aryl methyl sites for hydroxylation is 1. The number of esters is 1. The highest BCUT2D eigenvalue weighted by Gasteiger charge is 2.24. The van der Waals surface area contributed by atoms with E-state index in [2.05, 4.69) is 17.2 Å². The van der Waals surface area contributed by atoms with E-state index in [-0.39, 0.29) is 18.4 Å². The van der Waals surface area contributed by atoms with Gasteiger partial charge in [0.2, 0.25) is 0 Å². The lowest BCUT2D eigenvalue weighted by Gasteiger charge is -2.02. The van der Waals surface area contributed by atoms with Crippen LogP contribution >= 0.6 is 11.8 Å². The molecule has 1 fully saturated rings. The quantitative estimate of drug-likeness (QED) is 0.495. The number of benzene rings is 2. The number of hydrogen-bond donors (Lipinski definition) is 1. The van der Waals surface area contributed by atoms with Crippen molar-refractivity contribution in [1.82, 2.24) is 9.88 Å². The highest BCUT2D eigenvalue weighted by molar-refractivity contribution is 8.18. The lowest BCUT2D eigenvalue weighted by Crippen LogP contribution is -2.19. The summed E-state index contributed by atoms with van der Waals surface area (Å²) in [5.74, 6) is -0.514. The Hall–Kier alpha value is -3.32. The first-order chi connectivity index (χ1) is 14.6. The van der Waals surface area contributed by atoms with E-state index in [4.69, 9.17) is 4.74 Å². The van der Waals surface area contributed by atoms with E-state index in [1.54, 1.807) is 0 Å². The predicted octanol–water partition coefficient (Wildman–Crippen LogP) is 4.27. The van der Waals surface area contributed by atoms with Gasteiger partial charge in [0.1, 0.15) is 6.54 Å². The van der Waals surface area contributed by atoms with Crippen LogP contribution in [-0.4, -0.2) is 28.7 Å². The number of hydrogen-bond acceptors (Lipinski definition) is 5. The van der Waals surface area contributed by atoms with E-state index in [1.165, 1.54) is 24.4 Å². The zero-order valence-electron chi connectivity index (χ0n) is 16.7. The third-order valence-electron chi connectivity index (χ3n) is 4.86. The molecule has 0 spiro atoms. The van der Waals surface area contributed by atoms with Crippen LogP contribution in [0.1, 0.15) is 18.1 Å². The molecular weight excluding hydrogens is 398 g/mol. The smallest absolute Gasteiger partial charge is 0.325 e. The van der Waals surface area contributed by atoms with Gasteiger partial charge in [0.25, 0.3) is 5.91 Å². The van der Waals surface area contributed by atoms with Gasteiger partial charge >= 0.3 is 5.97 Å². The number of methoxy groups -OCH3 is 1. The summed E-state index contributed by atoms with van der Waals surface area (Å²) >= 11 is 1.30. The Balaban J connectivity index is 1.63. The first kappa shape index (κ1) is 20.0. The Labute approximate surface area is 178 Å². The van der Waals surface area contributed by atoms with Crippen molar-refractivity contribution in [2.75, 3.05) is 7.11 Å². The van der Waals surface area contributed by atoms with E-state index < -0.39 is 0 Å². The molecular formula is C23H21N3O3S. The Kier molecular flexibility index (Phi) is 5.72. The van der Waals surface area contributed by atoms with Gasteiger partial charge in [-0.15, -0.1) is 0 Å². The second kappa shape index (κ2) is 8.59. The summed E-state index contributed by atoms with van der Waals surface area (Å²) in [7, 11) is 1.37. The van der Waals surface area contributed by atoms with Gasteiger partial charge < -0.3 is 14.6 Å². The Bertz CT molecular complexity index is 1180. The van der Waals surface area contributed by atoms with Gasteiger partial charge in [-0.25, -0.2) is 4.99 Å². The van der Waals surface area contributed by atoms with E-state index in [0.29, 0.717) is 10.1 Å². The maximum absolute atomic E-state index is 12.5. The lowest BCUT2D eigenvalue weighted by atomic mass is 10.1. The molecule has 0 atom stereocenters. The molecule has 0 radical (unpaired) electrons. The fourth-order valence-electron chi connectivity index (χ4n) is 3.27. The molecule has 1 saturated heterocycles. The molecule has 0 unspecified atom stereocenters. The Morgan fingerprint density at radius 3 is 2.70 bits per heavy atom. The zero-order chi connectivity index (χ0) is 21.1. The van der Waals surface area contributed by atoms with Crippen LogP contribution < -0.4 is 5.32 Å². The standard InChI is InChI=1S/C23H21N3O3S/c1-3-15-8-10-17(11-9-15)24-23-25-22(28)20(30-23)12-16-13-26(14-21(27)29-2)19-7-5-4-6-18(16)19/h4-13H,3,14H2,1-2H3,(H,24,25,28)/b20-12-. The van der Waals surface area contributed by atoms with Crippen molar-refractivity contribution in [3.8, 4) is 0 Å². The van der Waals surface area contributed by atoms with Crippen LogP contribution in [0.2, 0.25) is 0 Å². The van der Waals surface area contributed by atoms with Crippen molar-refractivity contribution in [3.63, 3.8) is 0 Å². The summed E-state index contributed by atoms with van der Waals surface area (Å²) in [6.45, 7) is 2.22. The maximum atomic E-state index is 12.5. The number of nitrogens with one attached hydrogen (secondary N) is 1. The minimum Gasteiger partial charge on any atom is -0.468 e. The van der Waals surface area contributed by atoms with Crippen molar-refractivity contribution in [1.29, 1.82) is 0 Å². The normalized spacial score (nSPS) is 16.4. The van der Waals surface area contributed by atoms with E-state index in [9.17, 15) is 9.59 Å². The number of rotatable bonds is 5. The Morgan fingerprint density at radius 1 is 1.20 bits per heavy atom. The highest BCUT2D eigenvalue weighted by Crippen LogP contribution is 2.31. The summed E-state index contributed by atoms with van der Waals surface area (Å²) < 4.78 is 6.62. The number of amidine groups is 1. The molecule has 1 aromatic heterocycles. The number of thioether (sulfide) groups is 1. The molecule has 0 saturated carbocycles. The fourth-order valence-corrected chi connectivity index (χ4v) is 4.10. The van der Waals surface area contributed by atoms with Crippen LogP contribution in [0.15, 0.2) is 64.6 Å². The van der Waals surface area contributed by atoms with Crippen molar-refractivity contribution >= 4 is 51.5 Å². The van der Waals surface area contributed by atoms with Crippen LogP contribution in [0.25, 0.3) is 17.0 Å². The number of aromatic nitrogens is 1. The second-order valence-electron chi connectivity index (χ2n) is 6.81. The van der Waals surface area contributed by atoms with Crippen LogP contribution in [0, 0.1) is 0 Å². The number of nitrogens with zero attached hydrogens (tertiary/aromatic N) is 2. The van der Waals surface area contributed by atoms with Crippen molar-refractivity contribution in [2.24, 2.45) is 4.99 Å². The molecule has 152 valence electrons. The SMILES string of the molecule is CCc1ccc(N=C2NC(=O)/C(=C/c3cn(CC(=O)OC)c4ccccc34)S2)cc1. The molecule has 1 N–H and O–H groups in total. The maximum Gasteiger partial charge on any atom is 0.325 e. The second-order valence-corrected chi connectivity index (χ2v) is 7.84. The molecule has 2 heterocycles. The summed E-state index contributed by atoms with van der Waals surface area (Å²) in [6, 6.07) is 15.7. The van der Waals surface area contributed by atoms with E-state index in [1.807, 2.05) is 65.4 Å². The number of carbonyl (C=O) groups is 2. The van der Waals surface area contributed by atoms with Gasteiger partial charge in [0.05, 0.1) is 17.7 Å². The van der Waals surface area contributed by atoms with E-state index in [0.717, 1.165) is 28.6 Å². The molecule has 0 aliphatic carbocycles. The van der Waals surface area contributed by atoms with Crippen LogP contribution in [-0.2, 0) is 27.3 Å². The Morgan fingerprint density at radius 2 is 1.97 bits per heavy atom. The van der Waals surface area contributed by atoms with Gasteiger partial charge in [-0.3, -0.25) is 9.59 Å². The lowest BCUT2D eigenvalue weighted by molar-refractivity contribution is -0.141. The fraction of sp³-hybridized carbons (Fsp3) is 0.174. The summed E-state index contributed by atoms with van der Waals surface area (Å²) in [5.41, 5.74) is 3.81. The van der Waals surface area contributed by atoms with Crippen molar-refractivity contribution in [2.45, 2.75) is 19.9 Å². The molecule has 2 aromatic carbocycles. The number of para-hydroxylation sites is 1. The molecule has 0 bridgehead atoms. The van der Waals surface area contributed by atoms with Gasteiger partial charge in [-0.1, -0.05) is 37.3 Å². The molecule has 30 heavy (non-hydrogen) atoms. The van der Waals surface area contributed by atoms with Gasteiger partial charge in [-0.2, -0.15) is 0 Å². The van der Waals surface area contributed by atoms with Crippen LogP contribution in [0.3, 0.4) is 0 Å². The molecule has 1 aliphatic rings. The summed E-state index contributed by atoms with van der Waals surface area (Å²) in [6.07, 6.45) is 4.67. The minimum absolute atomic E-state index is 0.111. The number of ether oxygens (including phenoxy) is 1. The predicted molar refractivity (Wildman–Crippen MR) is 121 cm³/mol. The van der Waals surface area contributed by atoms with Gasteiger partial charge in [0, 0.05) is 22.7 Å². The summed E-state index contributed by atoms with van der Waals surface area (Å²) in [4.78, 5) is 29.3. The molecule has 7 heteroatoms. The number of aliphatic imine (C=N–C) groups is 1. The third-order valence-corrected chi connectivity index (χ3v) is 5.77. The first-order valence-corrected chi connectivity index (χ1v) is 10.4. The summed E-state index contributed by atoms with van der Waals surface area (Å²) in [5, 5.41) is 4.33. The monoisotopic (exact) mass is 419 g/mol. The third kappa shape index (κ3) is 4.16.